The summed E-state index contributed by atoms with van der Waals surface area (Å²) in [4.78, 5) is 14.4. The first kappa shape index (κ1) is 10.6. The largest absolute Gasteiger partial charge is 0.505 e. The van der Waals surface area contributed by atoms with Gasteiger partial charge in [0, 0.05) is 13.1 Å². The highest BCUT2D eigenvalue weighted by molar-refractivity contribution is 8.13. The third-order valence-electron chi connectivity index (χ3n) is 1.34. The Hall–Kier alpha value is -1.47. The molecular formula is C10H9NO2S. The fourth-order valence-corrected chi connectivity index (χ4v) is 1.10. The molecule has 14 heavy (non-hydrogen) atoms. The molecular weight excluding hydrogens is 198 g/mol. The zero-order valence-electron chi connectivity index (χ0n) is 7.65. The lowest BCUT2D eigenvalue weighted by molar-refractivity contribution is -0.109. The van der Waals surface area contributed by atoms with Crippen molar-refractivity contribution in [3.8, 4) is 17.6 Å². The Labute approximate surface area is 86.6 Å². The van der Waals surface area contributed by atoms with Crippen LogP contribution in [-0.4, -0.2) is 21.0 Å². The molecule has 1 rings (SSSR count). The van der Waals surface area contributed by atoms with Crippen LogP contribution in [0.5, 0.6) is 5.75 Å². The van der Waals surface area contributed by atoms with Gasteiger partial charge in [0.2, 0.25) is 0 Å². The summed E-state index contributed by atoms with van der Waals surface area (Å²) in [5.74, 6) is 5.91. The summed E-state index contributed by atoms with van der Waals surface area (Å²) in [6, 6.07) is 3.15. The van der Waals surface area contributed by atoms with E-state index >= 15 is 0 Å². The minimum Gasteiger partial charge on any atom is -0.505 e. The normalized spacial score (nSPS) is 8.93. The Morgan fingerprint density at radius 3 is 3.14 bits per heavy atom. The Kier molecular flexibility index (Phi) is 4.02. The number of thioether (sulfide) groups is 1. The standard InChI is InChI=1S/C10H9NO2S/c1-8(12)14-7-3-4-9-10(13)5-2-6-11-9/h2,5-6,13H,7H2,1H3. The molecule has 0 bridgehead atoms. The Morgan fingerprint density at radius 2 is 2.50 bits per heavy atom. The number of hydrogen-bond donors (Lipinski definition) is 1. The van der Waals surface area contributed by atoms with Gasteiger partial charge in [-0.05, 0) is 18.1 Å². The quantitative estimate of drug-likeness (QED) is 0.707. The van der Waals surface area contributed by atoms with E-state index in [-0.39, 0.29) is 10.9 Å². The number of hydrogen-bond acceptors (Lipinski definition) is 4. The predicted molar refractivity (Wildman–Crippen MR) is 55.9 cm³/mol. The summed E-state index contributed by atoms with van der Waals surface area (Å²) in [6.07, 6.45) is 1.56. The van der Waals surface area contributed by atoms with Gasteiger partial charge in [-0.3, -0.25) is 4.79 Å². The minimum absolute atomic E-state index is 0.0320. The predicted octanol–water partition coefficient (Wildman–Crippen LogP) is 1.42. The molecule has 72 valence electrons. The van der Waals surface area contributed by atoms with E-state index in [2.05, 4.69) is 16.8 Å². The fraction of sp³-hybridized carbons (Fsp3) is 0.200. The van der Waals surface area contributed by atoms with Crippen molar-refractivity contribution in [1.29, 1.82) is 0 Å². The van der Waals surface area contributed by atoms with Crippen molar-refractivity contribution < 1.29 is 9.90 Å². The number of carbonyl (C=O) groups is 1. The SMILES string of the molecule is CC(=O)SCC#Cc1ncccc1O. The van der Waals surface area contributed by atoms with E-state index in [1.54, 1.807) is 12.3 Å². The molecule has 0 saturated heterocycles. The molecule has 1 heterocycles. The van der Waals surface area contributed by atoms with Crippen molar-refractivity contribution in [1.82, 2.24) is 4.98 Å². The van der Waals surface area contributed by atoms with E-state index in [0.29, 0.717) is 11.4 Å². The molecule has 0 unspecified atom stereocenters. The van der Waals surface area contributed by atoms with Crippen molar-refractivity contribution in [2.24, 2.45) is 0 Å². The lowest BCUT2D eigenvalue weighted by atomic mass is 10.3. The maximum Gasteiger partial charge on any atom is 0.186 e. The second-order valence-electron chi connectivity index (χ2n) is 2.45. The third-order valence-corrected chi connectivity index (χ3v) is 2.04. The summed E-state index contributed by atoms with van der Waals surface area (Å²) < 4.78 is 0. The van der Waals surface area contributed by atoms with Crippen LogP contribution in [0.3, 0.4) is 0 Å². The van der Waals surface area contributed by atoms with Gasteiger partial charge in [-0.1, -0.05) is 17.7 Å². The maximum atomic E-state index is 10.6. The molecule has 1 aromatic heterocycles. The minimum atomic E-state index is 0.0320. The average molecular weight is 207 g/mol. The van der Waals surface area contributed by atoms with Gasteiger partial charge in [-0.15, -0.1) is 0 Å². The number of aromatic hydroxyl groups is 1. The van der Waals surface area contributed by atoms with E-state index < -0.39 is 0 Å². The van der Waals surface area contributed by atoms with Crippen molar-refractivity contribution in [3.05, 3.63) is 24.0 Å². The van der Waals surface area contributed by atoms with Crippen LogP contribution in [0.2, 0.25) is 0 Å². The number of carbonyl (C=O) groups excluding carboxylic acids is 1. The van der Waals surface area contributed by atoms with Crippen LogP contribution in [0.1, 0.15) is 12.6 Å². The van der Waals surface area contributed by atoms with E-state index in [1.165, 1.54) is 13.0 Å². The first-order valence-electron chi connectivity index (χ1n) is 3.96. The molecule has 0 spiro atoms. The second-order valence-corrected chi connectivity index (χ2v) is 3.61. The Bertz CT molecular complexity index is 393. The van der Waals surface area contributed by atoms with Gasteiger partial charge in [0.1, 0.15) is 5.75 Å². The number of nitrogens with zero attached hydrogens (tertiary/aromatic N) is 1. The van der Waals surface area contributed by atoms with Crippen molar-refractivity contribution in [2.75, 3.05) is 5.75 Å². The van der Waals surface area contributed by atoms with Crippen LogP contribution in [0, 0.1) is 11.8 Å². The van der Waals surface area contributed by atoms with E-state index in [4.69, 9.17) is 0 Å². The molecule has 0 aromatic carbocycles. The summed E-state index contributed by atoms with van der Waals surface area (Å²) in [7, 11) is 0. The second kappa shape index (κ2) is 5.30. The van der Waals surface area contributed by atoms with E-state index in [0.717, 1.165) is 11.8 Å². The van der Waals surface area contributed by atoms with Crippen LogP contribution >= 0.6 is 11.8 Å². The van der Waals surface area contributed by atoms with Gasteiger partial charge in [-0.25, -0.2) is 4.98 Å². The zero-order valence-corrected chi connectivity index (χ0v) is 8.47. The van der Waals surface area contributed by atoms with Crippen LogP contribution in [0.15, 0.2) is 18.3 Å². The van der Waals surface area contributed by atoms with Crippen molar-refractivity contribution in [3.63, 3.8) is 0 Å². The molecule has 0 aliphatic rings. The Morgan fingerprint density at radius 1 is 1.71 bits per heavy atom. The third kappa shape index (κ3) is 3.50. The number of rotatable bonds is 1. The average Bonchev–Trinajstić information content (AvgIpc) is 2.15. The van der Waals surface area contributed by atoms with Gasteiger partial charge in [-0.2, -0.15) is 0 Å². The van der Waals surface area contributed by atoms with Crippen LogP contribution in [0.25, 0.3) is 0 Å². The summed E-state index contributed by atoms with van der Waals surface area (Å²) >= 11 is 1.13. The molecule has 0 amide bonds. The molecule has 0 saturated carbocycles. The summed E-state index contributed by atoms with van der Waals surface area (Å²) in [5, 5.41) is 9.31. The number of aromatic nitrogens is 1. The van der Waals surface area contributed by atoms with E-state index in [9.17, 15) is 9.90 Å². The molecule has 3 nitrogen and oxygen atoms in total. The first-order valence-corrected chi connectivity index (χ1v) is 4.95. The number of pyridine rings is 1. The molecule has 0 radical (unpaired) electrons. The van der Waals surface area contributed by atoms with Gasteiger partial charge >= 0.3 is 0 Å². The summed E-state index contributed by atoms with van der Waals surface area (Å²) in [5.41, 5.74) is 0.344. The molecule has 4 heteroatoms. The van der Waals surface area contributed by atoms with E-state index in [1.807, 2.05) is 0 Å². The van der Waals surface area contributed by atoms with Crippen molar-refractivity contribution in [2.45, 2.75) is 6.92 Å². The van der Waals surface area contributed by atoms with Gasteiger partial charge in [0.05, 0.1) is 5.75 Å². The van der Waals surface area contributed by atoms with Crippen molar-refractivity contribution >= 4 is 16.9 Å². The zero-order chi connectivity index (χ0) is 10.4. The molecule has 0 atom stereocenters. The summed E-state index contributed by atoms with van der Waals surface area (Å²) in [6.45, 7) is 1.49. The highest BCUT2D eigenvalue weighted by atomic mass is 32.2. The molecule has 1 aromatic rings. The lowest BCUT2D eigenvalue weighted by Gasteiger charge is -1.92. The fourth-order valence-electron chi connectivity index (χ4n) is 0.751. The van der Waals surface area contributed by atoms with Gasteiger partial charge in [0.15, 0.2) is 10.8 Å². The topological polar surface area (TPSA) is 50.2 Å². The smallest absolute Gasteiger partial charge is 0.186 e. The lowest BCUT2D eigenvalue weighted by Crippen LogP contribution is -1.84. The first-order chi connectivity index (χ1) is 6.70. The highest BCUT2D eigenvalue weighted by Gasteiger charge is 1.95. The van der Waals surface area contributed by atoms with Gasteiger partial charge in [0.25, 0.3) is 0 Å². The molecule has 0 aliphatic carbocycles. The monoisotopic (exact) mass is 207 g/mol. The maximum absolute atomic E-state index is 10.6. The Balaban J connectivity index is 2.59. The van der Waals surface area contributed by atoms with Gasteiger partial charge < -0.3 is 5.11 Å². The molecule has 0 aliphatic heterocycles. The molecule has 1 N–H and O–H groups in total. The van der Waals surface area contributed by atoms with Crippen LogP contribution < -0.4 is 0 Å². The molecule has 0 fully saturated rings. The van der Waals surface area contributed by atoms with Crippen LogP contribution in [-0.2, 0) is 4.79 Å². The highest BCUT2D eigenvalue weighted by Crippen LogP contribution is 2.10. The van der Waals surface area contributed by atoms with Crippen LogP contribution in [0.4, 0.5) is 0 Å².